The third-order valence-electron chi connectivity index (χ3n) is 6.70. The summed E-state index contributed by atoms with van der Waals surface area (Å²) >= 11 is 0. The van der Waals surface area contributed by atoms with Crippen LogP contribution in [0.4, 0.5) is 5.82 Å². The van der Waals surface area contributed by atoms with Crippen LogP contribution in [0, 0.1) is 0 Å². The monoisotopic (exact) mass is 499 g/mol. The lowest BCUT2D eigenvalue weighted by atomic mass is 10.0. The third kappa shape index (κ3) is 5.26. The van der Waals surface area contributed by atoms with Crippen molar-refractivity contribution in [1.29, 1.82) is 0 Å². The Balaban J connectivity index is 1.36. The predicted octanol–water partition coefficient (Wildman–Crippen LogP) is 3.43. The highest BCUT2D eigenvalue weighted by Crippen LogP contribution is 2.23. The van der Waals surface area contributed by atoms with Gasteiger partial charge in [0.25, 0.3) is 5.91 Å². The van der Waals surface area contributed by atoms with Gasteiger partial charge in [-0.15, -0.1) is 5.10 Å². The van der Waals surface area contributed by atoms with Crippen molar-refractivity contribution in [2.24, 2.45) is 5.10 Å². The van der Waals surface area contributed by atoms with Crippen LogP contribution in [-0.4, -0.2) is 54.4 Å². The number of rotatable bonds is 7. The van der Waals surface area contributed by atoms with Crippen molar-refractivity contribution in [2.75, 3.05) is 12.3 Å². The quantitative estimate of drug-likeness (QED) is 0.291. The molecule has 11 heteroatoms. The van der Waals surface area contributed by atoms with Crippen LogP contribution in [0.5, 0.6) is 0 Å². The molecule has 1 amide bonds. The van der Waals surface area contributed by atoms with Gasteiger partial charge in [-0.25, -0.2) is 10.1 Å². The van der Waals surface area contributed by atoms with Crippen LogP contribution in [0.15, 0.2) is 64.3 Å². The van der Waals surface area contributed by atoms with Gasteiger partial charge < -0.3 is 5.73 Å². The van der Waals surface area contributed by atoms with Gasteiger partial charge in [-0.05, 0) is 60.2 Å². The molecule has 3 heterocycles. The van der Waals surface area contributed by atoms with Crippen LogP contribution >= 0.6 is 0 Å². The number of anilines is 1. The maximum Gasteiger partial charge on any atom is 0.293 e. The summed E-state index contributed by atoms with van der Waals surface area (Å²) in [4.78, 5) is 15.5. The van der Waals surface area contributed by atoms with Crippen LogP contribution in [0.3, 0.4) is 0 Å². The van der Waals surface area contributed by atoms with Crippen molar-refractivity contribution in [1.82, 2.24) is 35.6 Å². The minimum absolute atomic E-state index is 0.0672. The molecule has 2 aromatic carbocycles. The molecule has 4 aromatic rings. The van der Waals surface area contributed by atoms with Gasteiger partial charge in [0, 0.05) is 12.6 Å². The second-order valence-electron chi connectivity index (χ2n) is 9.17. The van der Waals surface area contributed by atoms with Gasteiger partial charge in [-0.3, -0.25) is 9.69 Å². The van der Waals surface area contributed by atoms with E-state index in [1.54, 1.807) is 0 Å². The van der Waals surface area contributed by atoms with Crippen LogP contribution in [-0.2, 0) is 6.54 Å². The van der Waals surface area contributed by atoms with Crippen LogP contribution < -0.4 is 11.2 Å². The molecule has 5 rings (SSSR count). The zero-order valence-electron chi connectivity index (χ0n) is 20.8. The van der Waals surface area contributed by atoms with E-state index in [1.165, 1.54) is 11.1 Å². The molecule has 3 N–H and O–H groups in total. The lowest BCUT2D eigenvalue weighted by Gasteiger charge is -2.33. The first-order chi connectivity index (χ1) is 18.0. The topological polar surface area (TPSA) is 140 Å². The number of benzene rings is 2. The zero-order valence-corrected chi connectivity index (χ0v) is 20.8. The minimum Gasteiger partial charge on any atom is -0.378 e. The third-order valence-corrected chi connectivity index (χ3v) is 6.70. The number of nitrogens with two attached hydrogens (primary N) is 1. The van der Waals surface area contributed by atoms with Gasteiger partial charge in [-0.2, -0.15) is 9.78 Å². The average molecular weight is 500 g/mol. The number of carbonyl (C=O) groups is 1. The first-order valence-corrected chi connectivity index (χ1v) is 12.3. The van der Waals surface area contributed by atoms with E-state index in [0.717, 1.165) is 36.1 Å². The normalized spacial score (nSPS) is 16.6. The maximum atomic E-state index is 13.2. The number of aromatic nitrogens is 5. The summed E-state index contributed by atoms with van der Waals surface area (Å²) in [5.41, 5.74) is 13.0. The number of nitrogens with zero attached hydrogens (tertiary/aromatic N) is 7. The molecule has 11 nitrogen and oxygen atoms in total. The van der Waals surface area contributed by atoms with E-state index in [-0.39, 0.29) is 17.3 Å². The molecule has 1 aliphatic rings. The minimum atomic E-state index is -0.471. The van der Waals surface area contributed by atoms with Gasteiger partial charge in [0.1, 0.15) is 0 Å². The molecule has 190 valence electrons. The van der Waals surface area contributed by atoms with E-state index in [1.807, 2.05) is 49.4 Å². The van der Waals surface area contributed by atoms with Crippen LogP contribution in [0.2, 0.25) is 0 Å². The number of hydrogen-bond acceptors (Lipinski definition) is 9. The van der Waals surface area contributed by atoms with Gasteiger partial charge >= 0.3 is 0 Å². The van der Waals surface area contributed by atoms with Crippen LogP contribution in [0.1, 0.15) is 54.9 Å². The number of hydrazone groups is 1. The molecular weight excluding hydrogens is 470 g/mol. The molecule has 0 radical (unpaired) electrons. The fourth-order valence-electron chi connectivity index (χ4n) is 4.50. The number of amides is 1. The lowest BCUT2D eigenvalue weighted by Crippen LogP contribution is -2.38. The van der Waals surface area contributed by atoms with E-state index < -0.39 is 5.91 Å². The first kappa shape index (κ1) is 24.3. The van der Waals surface area contributed by atoms with E-state index in [9.17, 15) is 4.79 Å². The van der Waals surface area contributed by atoms with Crippen molar-refractivity contribution in [3.05, 3.63) is 71.5 Å². The fraction of sp³-hybridized carbons (Fsp3) is 0.308. The van der Waals surface area contributed by atoms with Gasteiger partial charge in [0.2, 0.25) is 11.6 Å². The average Bonchev–Trinajstić information content (AvgIpc) is 3.54. The maximum absolute atomic E-state index is 13.2. The number of carbonyl (C=O) groups excluding carboxylic acids is 1. The molecule has 0 spiro atoms. The summed E-state index contributed by atoms with van der Waals surface area (Å²) < 4.78 is 6.17. The van der Waals surface area contributed by atoms with E-state index in [4.69, 9.17) is 10.4 Å². The molecule has 37 heavy (non-hydrogen) atoms. The smallest absolute Gasteiger partial charge is 0.293 e. The first-order valence-electron chi connectivity index (χ1n) is 12.3. The highest BCUT2D eigenvalue weighted by Gasteiger charge is 2.28. The largest absolute Gasteiger partial charge is 0.378 e. The van der Waals surface area contributed by atoms with Gasteiger partial charge in [-0.1, -0.05) is 66.2 Å². The number of nitrogen functional groups attached to an aromatic ring is 1. The molecule has 0 aliphatic carbocycles. The van der Waals surface area contributed by atoms with Crippen molar-refractivity contribution in [2.45, 2.75) is 45.7 Å². The van der Waals surface area contributed by atoms with Crippen LogP contribution in [0.25, 0.3) is 16.9 Å². The van der Waals surface area contributed by atoms with E-state index in [2.05, 4.69) is 55.1 Å². The summed E-state index contributed by atoms with van der Waals surface area (Å²) in [6.45, 7) is 5.38. The zero-order chi connectivity index (χ0) is 25.8. The van der Waals surface area contributed by atoms with Crippen molar-refractivity contribution in [3.63, 3.8) is 0 Å². The summed E-state index contributed by atoms with van der Waals surface area (Å²) in [5, 5.41) is 20.1. The number of likely N-dealkylation sites (tertiary alicyclic amines) is 1. The van der Waals surface area contributed by atoms with E-state index >= 15 is 0 Å². The molecule has 0 bridgehead atoms. The number of nitrogens with one attached hydrogen (secondary N) is 1. The molecule has 1 fully saturated rings. The predicted molar refractivity (Wildman–Crippen MR) is 139 cm³/mol. The Morgan fingerprint density at radius 3 is 2.57 bits per heavy atom. The molecule has 1 aliphatic heterocycles. The Hall–Kier alpha value is -4.38. The molecule has 1 saturated heterocycles. The molecule has 0 unspecified atom stereocenters. The van der Waals surface area contributed by atoms with Crippen molar-refractivity contribution >= 4 is 17.4 Å². The Bertz CT molecular complexity index is 1390. The fourth-order valence-corrected chi connectivity index (χ4v) is 4.50. The SMILES string of the molecule is C/C(=N\NC(=O)c1nnn(-c2nonc2N)c1CN1CCCC[C@H]1C)c1ccc(-c2ccccc2)cc1. The lowest BCUT2D eigenvalue weighted by molar-refractivity contribution is 0.0944. The summed E-state index contributed by atoms with van der Waals surface area (Å²) in [5.74, 6) is -0.205. The summed E-state index contributed by atoms with van der Waals surface area (Å²) in [6.07, 6.45) is 3.36. The number of piperidine rings is 1. The van der Waals surface area contributed by atoms with Gasteiger partial charge in [0.15, 0.2) is 5.69 Å². The van der Waals surface area contributed by atoms with E-state index in [0.29, 0.717) is 24.0 Å². The Kier molecular flexibility index (Phi) is 7.04. The Morgan fingerprint density at radius 1 is 1.11 bits per heavy atom. The number of hydrogen-bond donors (Lipinski definition) is 2. The van der Waals surface area contributed by atoms with Crippen molar-refractivity contribution < 1.29 is 9.42 Å². The molecule has 1 atom stereocenters. The Labute approximate surface area is 214 Å². The summed E-state index contributed by atoms with van der Waals surface area (Å²) in [7, 11) is 0. The standard InChI is InChI=1S/C26H29N9O2/c1-17-8-6-7-15-34(17)16-22-23(29-33-35(22)25-24(27)31-37-32-25)26(36)30-28-18(2)19-11-13-21(14-12-19)20-9-4-3-5-10-20/h3-5,9-14,17H,6-8,15-16H2,1-2H3,(H2,27,31)(H,30,36)/b28-18+/t17-/m1/s1. The highest BCUT2D eigenvalue weighted by atomic mass is 16.6. The van der Waals surface area contributed by atoms with Gasteiger partial charge in [0.05, 0.1) is 11.4 Å². The highest BCUT2D eigenvalue weighted by molar-refractivity contribution is 6.01. The molecular formula is C26H29N9O2. The van der Waals surface area contributed by atoms with Crippen molar-refractivity contribution in [3.8, 4) is 16.9 Å². The molecule has 0 saturated carbocycles. The second kappa shape index (κ2) is 10.7. The molecule has 2 aromatic heterocycles. The second-order valence-corrected chi connectivity index (χ2v) is 9.17. The summed E-state index contributed by atoms with van der Waals surface area (Å²) in [6, 6.07) is 18.5. The Morgan fingerprint density at radius 2 is 1.86 bits per heavy atom.